The summed E-state index contributed by atoms with van der Waals surface area (Å²) in [6, 6.07) is 0. The largest absolute Gasteiger partial charge is 0.378 e. The van der Waals surface area contributed by atoms with Gasteiger partial charge >= 0.3 is 0 Å². The van der Waals surface area contributed by atoms with Crippen LogP contribution in [-0.2, 0) is 14.3 Å². The summed E-state index contributed by atoms with van der Waals surface area (Å²) < 4.78 is 5.31. The summed E-state index contributed by atoms with van der Waals surface area (Å²) in [6.07, 6.45) is 0.709. The molecule has 1 aliphatic heterocycles. The molecular formula is C12H21NO3. The third-order valence-electron chi connectivity index (χ3n) is 2.97. The Morgan fingerprint density at radius 2 is 2.00 bits per heavy atom. The van der Waals surface area contributed by atoms with E-state index in [1.807, 2.05) is 27.7 Å². The second kappa shape index (κ2) is 4.95. The van der Waals surface area contributed by atoms with Crippen molar-refractivity contribution in [2.75, 3.05) is 13.2 Å². The van der Waals surface area contributed by atoms with Crippen LogP contribution in [0.5, 0.6) is 0 Å². The molecule has 1 fully saturated rings. The normalized spacial score (nSPS) is 25.5. The average Bonchev–Trinajstić information content (AvgIpc) is 2.58. The Bertz CT molecular complexity index is 280. The van der Waals surface area contributed by atoms with Crippen LogP contribution >= 0.6 is 0 Å². The average molecular weight is 227 g/mol. The first-order chi connectivity index (χ1) is 7.32. The van der Waals surface area contributed by atoms with Crippen LogP contribution in [0.1, 0.15) is 34.1 Å². The third-order valence-corrected chi connectivity index (χ3v) is 2.97. The van der Waals surface area contributed by atoms with E-state index in [2.05, 4.69) is 5.32 Å². The summed E-state index contributed by atoms with van der Waals surface area (Å²) >= 11 is 0. The lowest BCUT2D eigenvalue weighted by Gasteiger charge is -2.18. The maximum Gasteiger partial charge on any atom is 0.226 e. The van der Waals surface area contributed by atoms with E-state index < -0.39 is 5.41 Å². The van der Waals surface area contributed by atoms with Gasteiger partial charge in [0.2, 0.25) is 5.91 Å². The Morgan fingerprint density at radius 3 is 2.44 bits per heavy atom. The van der Waals surface area contributed by atoms with Crippen molar-refractivity contribution >= 4 is 11.7 Å². The smallest absolute Gasteiger partial charge is 0.226 e. The molecule has 92 valence electrons. The predicted molar refractivity (Wildman–Crippen MR) is 61.0 cm³/mol. The molecule has 0 aliphatic carbocycles. The molecule has 0 spiro atoms. The highest BCUT2D eigenvalue weighted by atomic mass is 16.5. The fraction of sp³-hybridized carbons (Fsp3) is 0.833. The topological polar surface area (TPSA) is 55.4 Å². The zero-order chi connectivity index (χ0) is 12.3. The Hall–Kier alpha value is -0.900. The fourth-order valence-corrected chi connectivity index (χ4v) is 1.64. The van der Waals surface area contributed by atoms with Crippen molar-refractivity contribution in [3.8, 4) is 0 Å². The molecule has 4 nitrogen and oxygen atoms in total. The molecule has 0 aromatic rings. The minimum atomic E-state index is -0.398. The molecule has 0 bridgehead atoms. The van der Waals surface area contributed by atoms with E-state index in [0.29, 0.717) is 6.61 Å². The van der Waals surface area contributed by atoms with Gasteiger partial charge < -0.3 is 10.1 Å². The number of hydrogen-bond donors (Lipinski definition) is 1. The molecule has 1 rings (SSSR count). The number of rotatable bonds is 3. The number of ketones is 1. The summed E-state index contributed by atoms with van der Waals surface area (Å²) in [5.74, 6) is -0.122. The summed E-state index contributed by atoms with van der Waals surface area (Å²) in [7, 11) is 0. The highest BCUT2D eigenvalue weighted by Gasteiger charge is 2.31. The number of carbonyl (C=O) groups is 2. The molecule has 0 aromatic heterocycles. The Labute approximate surface area is 96.7 Å². The van der Waals surface area contributed by atoms with Gasteiger partial charge in [-0.2, -0.15) is 0 Å². The van der Waals surface area contributed by atoms with Crippen molar-refractivity contribution in [2.45, 2.75) is 40.2 Å². The van der Waals surface area contributed by atoms with Crippen molar-refractivity contribution in [2.24, 2.45) is 11.3 Å². The van der Waals surface area contributed by atoms with Crippen molar-refractivity contribution in [1.29, 1.82) is 0 Å². The number of ether oxygens (including phenoxy) is 1. The van der Waals surface area contributed by atoms with Gasteiger partial charge in [0.15, 0.2) is 5.78 Å². The third kappa shape index (κ3) is 3.30. The molecular weight excluding hydrogens is 206 g/mol. The van der Waals surface area contributed by atoms with Gasteiger partial charge in [-0.05, 0) is 13.3 Å². The van der Waals surface area contributed by atoms with Crippen LogP contribution < -0.4 is 5.32 Å². The van der Waals surface area contributed by atoms with Crippen molar-refractivity contribution in [3.05, 3.63) is 0 Å². The van der Waals surface area contributed by atoms with Gasteiger partial charge in [-0.15, -0.1) is 0 Å². The Kier molecular flexibility index (Phi) is 4.08. The van der Waals surface area contributed by atoms with Gasteiger partial charge in [0.25, 0.3) is 0 Å². The molecule has 0 radical (unpaired) electrons. The molecule has 0 aromatic carbocycles. The first-order valence-electron chi connectivity index (χ1n) is 5.75. The van der Waals surface area contributed by atoms with Crippen molar-refractivity contribution < 1.29 is 14.3 Å². The van der Waals surface area contributed by atoms with E-state index in [9.17, 15) is 9.59 Å². The van der Waals surface area contributed by atoms with Gasteiger partial charge in [-0.3, -0.25) is 9.59 Å². The zero-order valence-corrected chi connectivity index (χ0v) is 10.5. The van der Waals surface area contributed by atoms with Crippen LogP contribution in [0.4, 0.5) is 0 Å². The number of carbonyl (C=O) groups excluding carboxylic acids is 2. The highest BCUT2D eigenvalue weighted by molar-refractivity contribution is 5.90. The first-order valence-corrected chi connectivity index (χ1v) is 5.75. The summed E-state index contributed by atoms with van der Waals surface area (Å²) in [4.78, 5) is 23.4. The fourth-order valence-electron chi connectivity index (χ4n) is 1.64. The lowest BCUT2D eigenvalue weighted by molar-refractivity contribution is -0.131. The summed E-state index contributed by atoms with van der Waals surface area (Å²) in [5.41, 5.74) is -0.398. The van der Waals surface area contributed by atoms with Gasteiger partial charge in [0, 0.05) is 12.0 Å². The molecule has 1 saturated heterocycles. The molecule has 4 heteroatoms. The maximum absolute atomic E-state index is 11.7. The monoisotopic (exact) mass is 227 g/mol. The van der Waals surface area contributed by atoms with E-state index in [4.69, 9.17) is 4.74 Å². The van der Waals surface area contributed by atoms with Gasteiger partial charge in [-0.1, -0.05) is 20.8 Å². The van der Waals surface area contributed by atoms with E-state index in [1.165, 1.54) is 0 Å². The van der Waals surface area contributed by atoms with Crippen LogP contribution in [0.3, 0.4) is 0 Å². The number of nitrogens with one attached hydrogen (secondary N) is 1. The zero-order valence-electron chi connectivity index (χ0n) is 10.5. The standard InChI is InChI=1S/C12H21NO3/c1-8-9(5-6-16-8)11(15)13-7-10(14)12(2,3)4/h8-9H,5-7H2,1-4H3,(H,13,15). The Morgan fingerprint density at radius 1 is 1.38 bits per heavy atom. The molecule has 1 N–H and O–H groups in total. The van der Waals surface area contributed by atoms with Gasteiger partial charge in [0.05, 0.1) is 18.6 Å². The molecule has 1 aliphatic rings. The van der Waals surface area contributed by atoms with Crippen LogP contribution in [0.2, 0.25) is 0 Å². The second-order valence-electron chi connectivity index (χ2n) is 5.36. The van der Waals surface area contributed by atoms with Gasteiger partial charge in [0.1, 0.15) is 0 Å². The van der Waals surface area contributed by atoms with Crippen LogP contribution in [0, 0.1) is 11.3 Å². The van der Waals surface area contributed by atoms with Crippen molar-refractivity contribution in [1.82, 2.24) is 5.32 Å². The highest BCUT2D eigenvalue weighted by Crippen LogP contribution is 2.20. The minimum Gasteiger partial charge on any atom is -0.378 e. The molecule has 1 heterocycles. The van der Waals surface area contributed by atoms with E-state index >= 15 is 0 Å². The summed E-state index contributed by atoms with van der Waals surface area (Å²) in [6.45, 7) is 8.19. The molecule has 2 unspecified atom stereocenters. The quantitative estimate of drug-likeness (QED) is 0.786. The number of Topliss-reactive ketones (excluding diaryl/α,β-unsaturated/α-hetero) is 1. The second-order valence-corrected chi connectivity index (χ2v) is 5.36. The molecule has 16 heavy (non-hydrogen) atoms. The molecule has 1 amide bonds. The van der Waals surface area contributed by atoms with E-state index in [1.54, 1.807) is 0 Å². The molecule has 2 atom stereocenters. The van der Waals surface area contributed by atoms with E-state index in [-0.39, 0.29) is 30.3 Å². The lowest BCUT2D eigenvalue weighted by atomic mass is 9.90. The lowest BCUT2D eigenvalue weighted by Crippen LogP contribution is -2.40. The SMILES string of the molecule is CC1OCCC1C(=O)NCC(=O)C(C)(C)C. The number of hydrogen-bond acceptors (Lipinski definition) is 3. The first kappa shape index (κ1) is 13.2. The van der Waals surface area contributed by atoms with Crippen LogP contribution in [-0.4, -0.2) is 30.9 Å². The van der Waals surface area contributed by atoms with Crippen LogP contribution in [0.15, 0.2) is 0 Å². The number of amides is 1. The molecule has 0 saturated carbocycles. The summed E-state index contributed by atoms with van der Waals surface area (Å²) in [5, 5.41) is 2.69. The predicted octanol–water partition coefficient (Wildman–Crippen LogP) is 1.14. The van der Waals surface area contributed by atoms with Crippen LogP contribution in [0.25, 0.3) is 0 Å². The maximum atomic E-state index is 11.7. The van der Waals surface area contributed by atoms with E-state index in [0.717, 1.165) is 6.42 Å². The van der Waals surface area contributed by atoms with Crippen molar-refractivity contribution in [3.63, 3.8) is 0 Å². The minimum absolute atomic E-state index is 0.0373. The van der Waals surface area contributed by atoms with Gasteiger partial charge in [-0.25, -0.2) is 0 Å². The Balaban J connectivity index is 2.38.